The molecule has 3 saturated heterocycles. The van der Waals surface area contributed by atoms with Crippen molar-refractivity contribution in [3.05, 3.63) is 11.5 Å². The number of rotatable bonds is 4. The summed E-state index contributed by atoms with van der Waals surface area (Å²) < 4.78 is 43.9. The fraction of sp³-hybridized carbons (Fsp3) is 0.789. The van der Waals surface area contributed by atoms with Gasteiger partial charge in [-0.1, -0.05) is 5.16 Å². The van der Waals surface area contributed by atoms with Gasteiger partial charge in [0.1, 0.15) is 10.6 Å². The molecule has 0 saturated carbocycles. The number of aromatic nitrogens is 1. The van der Waals surface area contributed by atoms with E-state index < -0.39 is 10.0 Å². The molecule has 0 spiro atoms. The van der Waals surface area contributed by atoms with Gasteiger partial charge in [0.2, 0.25) is 15.9 Å². The molecule has 3 aliphatic rings. The van der Waals surface area contributed by atoms with E-state index in [1.165, 1.54) is 4.31 Å². The lowest BCUT2D eigenvalue weighted by atomic mass is 9.93. The third kappa shape index (κ3) is 4.08. The van der Waals surface area contributed by atoms with Crippen molar-refractivity contribution in [3.63, 3.8) is 0 Å². The van der Waals surface area contributed by atoms with Crippen LogP contribution in [0.25, 0.3) is 0 Å². The number of piperidine rings is 2. The molecular formula is C19H29N3O6S. The summed E-state index contributed by atoms with van der Waals surface area (Å²) in [5, 5.41) is 3.77. The van der Waals surface area contributed by atoms with Crippen molar-refractivity contribution in [1.29, 1.82) is 0 Å². The molecule has 3 fully saturated rings. The molecule has 4 heterocycles. The lowest BCUT2D eigenvalue weighted by Gasteiger charge is -2.38. The maximum absolute atomic E-state index is 13.1. The highest BCUT2D eigenvalue weighted by Gasteiger charge is 2.39. The SMILES string of the molecule is Cc1noc(C)c1S(=O)(=O)N1CCCC(C(=O)N2CCC(C3OCCO3)CC2)C1. The molecule has 1 atom stereocenters. The van der Waals surface area contributed by atoms with Gasteiger partial charge in [0, 0.05) is 32.1 Å². The molecule has 0 N–H and O–H groups in total. The Morgan fingerprint density at radius 2 is 1.76 bits per heavy atom. The van der Waals surface area contributed by atoms with Crippen LogP contribution in [0.1, 0.15) is 37.1 Å². The summed E-state index contributed by atoms with van der Waals surface area (Å²) in [6, 6.07) is 0. The van der Waals surface area contributed by atoms with Crippen LogP contribution in [-0.2, 0) is 24.3 Å². The molecule has 1 unspecified atom stereocenters. The van der Waals surface area contributed by atoms with Crippen LogP contribution in [0, 0.1) is 25.7 Å². The summed E-state index contributed by atoms with van der Waals surface area (Å²) >= 11 is 0. The van der Waals surface area contributed by atoms with Gasteiger partial charge in [0.25, 0.3) is 0 Å². The van der Waals surface area contributed by atoms with Crippen molar-refractivity contribution >= 4 is 15.9 Å². The molecule has 4 rings (SSSR count). The molecule has 0 radical (unpaired) electrons. The minimum Gasteiger partial charge on any atom is -0.360 e. The monoisotopic (exact) mass is 427 g/mol. The zero-order valence-electron chi connectivity index (χ0n) is 17.0. The average Bonchev–Trinajstić information content (AvgIpc) is 3.38. The van der Waals surface area contributed by atoms with E-state index in [2.05, 4.69) is 5.16 Å². The third-order valence-electron chi connectivity index (χ3n) is 6.18. The highest BCUT2D eigenvalue weighted by Crippen LogP contribution is 2.30. The highest BCUT2D eigenvalue weighted by molar-refractivity contribution is 7.89. The summed E-state index contributed by atoms with van der Waals surface area (Å²) in [4.78, 5) is 15.1. The molecule has 1 amide bonds. The number of hydrogen-bond donors (Lipinski definition) is 0. The normalized spacial score (nSPS) is 25.6. The first-order chi connectivity index (χ1) is 13.9. The van der Waals surface area contributed by atoms with Crippen LogP contribution < -0.4 is 0 Å². The van der Waals surface area contributed by atoms with Crippen molar-refractivity contribution in [2.75, 3.05) is 39.4 Å². The fourth-order valence-electron chi connectivity index (χ4n) is 4.63. The number of sulfonamides is 1. The molecule has 0 aromatic carbocycles. The quantitative estimate of drug-likeness (QED) is 0.714. The molecule has 29 heavy (non-hydrogen) atoms. The Bertz CT molecular complexity index is 821. The molecule has 9 nitrogen and oxygen atoms in total. The van der Waals surface area contributed by atoms with Crippen LogP contribution in [0.5, 0.6) is 0 Å². The molecule has 3 aliphatic heterocycles. The lowest BCUT2D eigenvalue weighted by Crippen LogP contribution is -2.49. The minimum absolute atomic E-state index is 0.0513. The van der Waals surface area contributed by atoms with Gasteiger partial charge in [0.05, 0.1) is 19.1 Å². The van der Waals surface area contributed by atoms with Crippen LogP contribution in [-0.4, -0.2) is 74.4 Å². The van der Waals surface area contributed by atoms with Gasteiger partial charge in [0.15, 0.2) is 12.1 Å². The Labute approximate surface area is 171 Å². The molecule has 10 heteroatoms. The second-order valence-electron chi connectivity index (χ2n) is 8.13. The maximum Gasteiger partial charge on any atom is 0.248 e. The largest absolute Gasteiger partial charge is 0.360 e. The van der Waals surface area contributed by atoms with Crippen molar-refractivity contribution in [3.8, 4) is 0 Å². The second-order valence-corrected chi connectivity index (χ2v) is 10.0. The number of carbonyl (C=O) groups excluding carboxylic acids is 1. The predicted molar refractivity (Wildman–Crippen MR) is 102 cm³/mol. The van der Waals surface area contributed by atoms with Crippen molar-refractivity contribution < 1.29 is 27.2 Å². The van der Waals surface area contributed by atoms with E-state index in [4.69, 9.17) is 14.0 Å². The van der Waals surface area contributed by atoms with Gasteiger partial charge >= 0.3 is 0 Å². The minimum atomic E-state index is -3.72. The van der Waals surface area contributed by atoms with Crippen molar-refractivity contribution in [2.45, 2.75) is 50.7 Å². The zero-order chi connectivity index (χ0) is 20.6. The van der Waals surface area contributed by atoms with E-state index in [-0.39, 0.29) is 35.3 Å². The van der Waals surface area contributed by atoms with Crippen LogP contribution in [0.2, 0.25) is 0 Å². The molecule has 0 bridgehead atoms. The van der Waals surface area contributed by atoms with Crippen LogP contribution in [0.3, 0.4) is 0 Å². The van der Waals surface area contributed by atoms with Gasteiger partial charge in [-0.05, 0) is 39.5 Å². The molecule has 0 aliphatic carbocycles. The second kappa shape index (κ2) is 8.33. The van der Waals surface area contributed by atoms with Crippen molar-refractivity contribution in [1.82, 2.24) is 14.4 Å². The Morgan fingerprint density at radius 1 is 1.07 bits per heavy atom. The van der Waals surface area contributed by atoms with Gasteiger partial charge in [-0.3, -0.25) is 4.79 Å². The van der Waals surface area contributed by atoms with E-state index in [1.54, 1.807) is 13.8 Å². The fourth-order valence-corrected chi connectivity index (χ4v) is 6.45. The highest BCUT2D eigenvalue weighted by atomic mass is 32.2. The van der Waals surface area contributed by atoms with Gasteiger partial charge in [-0.15, -0.1) is 0 Å². The Kier molecular flexibility index (Phi) is 5.97. The topological polar surface area (TPSA) is 102 Å². The van der Waals surface area contributed by atoms with E-state index in [1.807, 2.05) is 4.90 Å². The first-order valence-electron chi connectivity index (χ1n) is 10.3. The standard InChI is InChI=1S/C19H29N3O6S/c1-13-17(14(2)28-20-13)29(24,25)22-7-3-4-16(12-22)18(23)21-8-5-15(6-9-21)19-26-10-11-27-19/h15-16,19H,3-12H2,1-2H3. The number of nitrogens with zero attached hydrogens (tertiary/aromatic N) is 3. The molecule has 1 aromatic rings. The van der Waals surface area contributed by atoms with E-state index in [0.29, 0.717) is 57.3 Å². The third-order valence-corrected chi connectivity index (χ3v) is 8.29. The average molecular weight is 428 g/mol. The first-order valence-corrected chi connectivity index (χ1v) is 11.8. The zero-order valence-corrected chi connectivity index (χ0v) is 17.8. The number of aryl methyl sites for hydroxylation is 2. The number of carbonyl (C=O) groups is 1. The summed E-state index contributed by atoms with van der Waals surface area (Å²) in [5.74, 6) is 0.351. The van der Waals surface area contributed by atoms with E-state index in [9.17, 15) is 13.2 Å². The smallest absolute Gasteiger partial charge is 0.248 e. The van der Waals surface area contributed by atoms with Gasteiger partial charge in [-0.25, -0.2) is 8.42 Å². The molecular weight excluding hydrogens is 398 g/mol. The summed E-state index contributed by atoms with van der Waals surface area (Å²) in [5.41, 5.74) is 0.356. The number of amides is 1. The van der Waals surface area contributed by atoms with Crippen LogP contribution in [0.15, 0.2) is 9.42 Å². The maximum atomic E-state index is 13.1. The van der Waals surface area contributed by atoms with Gasteiger partial charge in [-0.2, -0.15) is 4.31 Å². The summed E-state index contributed by atoms with van der Waals surface area (Å²) in [6.45, 7) is 6.45. The molecule has 1 aromatic heterocycles. The Balaban J connectivity index is 1.39. The summed E-state index contributed by atoms with van der Waals surface area (Å²) in [7, 11) is -3.72. The first kappa shape index (κ1) is 20.8. The van der Waals surface area contributed by atoms with Crippen molar-refractivity contribution in [2.24, 2.45) is 11.8 Å². The number of likely N-dealkylation sites (tertiary alicyclic amines) is 1. The summed E-state index contributed by atoms with van der Waals surface area (Å²) in [6.07, 6.45) is 2.94. The molecule has 162 valence electrons. The Hall–Kier alpha value is -1.49. The number of hydrogen-bond acceptors (Lipinski definition) is 7. The van der Waals surface area contributed by atoms with Crippen LogP contribution >= 0.6 is 0 Å². The van der Waals surface area contributed by atoms with E-state index >= 15 is 0 Å². The van der Waals surface area contributed by atoms with E-state index in [0.717, 1.165) is 12.8 Å². The predicted octanol–water partition coefficient (Wildman–Crippen LogP) is 1.30. The lowest BCUT2D eigenvalue weighted by molar-refractivity contribution is -0.142. The number of ether oxygens (including phenoxy) is 2. The van der Waals surface area contributed by atoms with Gasteiger partial charge < -0.3 is 18.9 Å². The Morgan fingerprint density at radius 3 is 2.38 bits per heavy atom. The van der Waals surface area contributed by atoms with Crippen LogP contribution in [0.4, 0.5) is 0 Å².